The van der Waals surface area contributed by atoms with E-state index < -0.39 is 11.9 Å². The summed E-state index contributed by atoms with van der Waals surface area (Å²) in [5.41, 5.74) is 4.26. The van der Waals surface area contributed by atoms with E-state index in [4.69, 9.17) is 14.9 Å². The molecule has 0 atom stereocenters. The van der Waals surface area contributed by atoms with Crippen molar-refractivity contribution in [2.45, 2.75) is 13.1 Å². The number of aliphatic carboxylic acids is 1. The molecule has 7 nitrogen and oxygen atoms in total. The highest BCUT2D eigenvalue weighted by molar-refractivity contribution is 5.94. The summed E-state index contributed by atoms with van der Waals surface area (Å²) in [5.74, 6) is -0.837. The lowest BCUT2D eigenvalue weighted by atomic mass is 10.1. The van der Waals surface area contributed by atoms with Crippen molar-refractivity contribution in [3.05, 3.63) is 114 Å². The summed E-state index contributed by atoms with van der Waals surface area (Å²) in [6.45, 7) is 0.564. The quantitative estimate of drug-likeness (QED) is 0.360. The Bertz CT molecular complexity index is 1310. The lowest BCUT2D eigenvalue weighted by Gasteiger charge is -2.21. The van der Waals surface area contributed by atoms with E-state index in [0.717, 1.165) is 46.0 Å². The molecule has 0 aliphatic carbocycles. The number of benzene rings is 3. The minimum Gasteiger partial charge on any atom is -0.497 e. The second-order valence-electron chi connectivity index (χ2n) is 7.86. The van der Waals surface area contributed by atoms with Crippen LogP contribution < -0.4 is 4.74 Å². The molecule has 0 bridgehead atoms. The van der Waals surface area contributed by atoms with Crippen molar-refractivity contribution < 1.29 is 19.4 Å². The Morgan fingerprint density at radius 3 is 2.20 bits per heavy atom. The molecular formula is C28H25N3O4. The smallest absolute Gasteiger partial charge is 0.328 e. The molecule has 0 saturated heterocycles. The molecule has 7 heteroatoms. The van der Waals surface area contributed by atoms with E-state index >= 15 is 0 Å². The fourth-order valence-corrected chi connectivity index (χ4v) is 3.70. The molecule has 0 saturated carbocycles. The van der Waals surface area contributed by atoms with Crippen molar-refractivity contribution in [3.8, 4) is 22.7 Å². The third kappa shape index (κ3) is 6.03. The van der Waals surface area contributed by atoms with Crippen LogP contribution in [0.4, 0.5) is 0 Å². The molecule has 1 N–H and O–H groups in total. The van der Waals surface area contributed by atoms with Gasteiger partial charge in [-0.2, -0.15) is 5.10 Å². The van der Waals surface area contributed by atoms with Gasteiger partial charge in [0.05, 0.1) is 25.0 Å². The molecule has 0 spiro atoms. The number of amides is 1. The molecule has 4 aromatic rings. The molecule has 0 unspecified atom stereocenters. The first-order valence-electron chi connectivity index (χ1n) is 11.1. The first-order chi connectivity index (χ1) is 17.0. The highest BCUT2D eigenvalue weighted by Crippen LogP contribution is 2.27. The summed E-state index contributed by atoms with van der Waals surface area (Å²) in [4.78, 5) is 25.6. The Kier molecular flexibility index (Phi) is 7.37. The number of nitrogens with zero attached hydrogens (tertiary/aromatic N) is 3. The Balaban J connectivity index is 1.74. The largest absolute Gasteiger partial charge is 0.497 e. The van der Waals surface area contributed by atoms with Gasteiger partial charge in [-0.3, -0.25) is 4.79 Å². The maximum atomic E-state index is 13.0. The predicted octanol–water partition coefficient (Wildman–Crippen LogP) is 4.72. The number of carboxylic acids is 1. The zero-order chi connectivity index (χ0) is 24.6. The molecule has 3 aromatic carbocycles. The number of rotatable bonds is 9. The van der Waals surface area contributed by atoms with Gasteiger partial charge in [-0.15, -0.1) is 0 Å². The van der Waals surface area contributed by atoms with Crippen molar-refractivity contribution in [1.29, 1.82) is 0 Å². The molecule has 4 rings (SSSR count). The van der Waals surface area contributed by atoms with Crippen LogP contribution in [-0.2, 0) is 22.7 Å². The van der Waals surface area contributed by atoms with Crippen LogP contribution in [-0.4, -0.2) is 38.8 Å². The average Bonchev–Trinajstić information content (AvgIpc) is 3.32. The summed E-state index contributed by atoms with van der Waals surface area (Å²) in [6.07, 6.45) is 3.85. The van der Waals surface area contributed by atoms with Crippen LogP contribution >= 0.6 is 0 Å². The Morgan fingerprint density at radius 1 is 0.914 bits per heavy atom. The Hall–Kier alpha value is -4.65. The monoisotopic (exact) mass is 467 g/mol. The number of carbonyl (C=O) groups excluding carboxylic acids is 1. The van der Waals surface area contributed by atoms with E-state index in [0.29, 0.717) is 6.54 Å². The molecule has 1 heterocycles. The van der Waals surface area contributed by atoms with Gasteiger partial charge in [0, 0.05) is 36.0 Å². The Labute approximate surface area is 203 Å². The van der Waals surface area contributed by atoms with Crippen LogP contribution in [0.5, 0.6) is 5.75 Å². The molecule has 0 aliphatic rings. The lowest BCUT2D eigenvalue weighted by molar-refractivity contribution is -0.132. The van der Waals surface area contributed by atoms with Gasteiger partial charge in [0.1, 0.15) is 5.75 Å². The zero-order valence-corrected chi connectivity index (χ0v) is 19.2. The maximum absolute atomic E-state index is 13.0. The number of hydrogen-bond donors (Lipinski definition) is 1. The summed E-state index contributed by atoms with van der Waals surface area (Å²) in [7, 11) is 1.61. The Morgan fingerprint density at radius 2 is 1.57 bits per heavy atom. The maximum Gasteiger partial charge on any atom is 0.328 e. The van der Waals surface area contributed by atoms with Crippen LogP contribution in [0.25, 0.3) is 16.9 Å². The summed E-state index contributed by atoms with van der Waals surface area (Å²) in [5, 5.41) is 13.8. The van der Waals surface area contributed by atoms with Crippen molar-refractivity contribution in [3.63, 3.8) is 0 Å². The van der Waals surface area contributed by atoms with E-state index in [1.807, 2.05) is 91.1 Å². The fraction of sp³-hybridized carbons (Fsp3) is 0.107. The van der Waals surface area contributed by atoms with Crippen LogP contribution in [0, 0.1) is 0 Å². The number of methoxy groups -OCH3 is 1. The molecule has 0 aliphatic heterocycles. The van der Waals surface area contributed by atoms with Gasteiger partial charge >= 0.3 is 5.97 Å². The standard InChI is InChI=1S/C28H25N3O4/c1-35-25-14-12-22(13-15-25)28-23(20-31(29-28)24-10-6-3-7-11-24)19-30(26(32)16-17-27(33)34)18-21-8-4-2-5-9-21/h2-17,20H,18-19H2,1H3,(H,33,34)/b17-16+. The molecule has 1 aromatic heterocycles. The van der Waals surface area contributed by atoms with Gasteiger partial charge in [0.25, 0.3) is 0 Å². The normalized spacial score (nSPS) is 10.9. The van der Waals surface area contributed by atoms with Crippen LogP contribution in [0.2, 0.25) is 0 Å². The SMILES string of the molecule is COc1ccc(-c2nn(-c3ccccc3)cc2CN(Cc2ccccc2)C(=O)/C=C/C(=O)O)cc1. The minimum atomic E-state index is -1.17. The van der Waals surface area contributed by atoms with Crippen LogP contribution in [0.1, 0.15) is 11.1 Å². The first kappa shape index (κ1) is 23.5. The number of carbonyl (C=O) groups is 2. The van der Waals surface area contributed by atoms with Gasteiger partial charge < -0.3 is 14.7 Å². The molecule has 35 heavy (non-hydrogen) atoms. The third-order valence-corrected chi connectivity index (χ3v) is 5.43. The lowest BCUT2D eigenvalue weighted by Crippen LogP contribution is -2.28. The van der Waals surface area contributed by atoms with Crippen molar-refractivity contribution in [1.82, 2.24) is 14.7 Å². The third-order valence-electron chi connectivity index (χ3n) is 5.43. The highest BCUT2D eigenvalue weighted by Gasteiger charge is 2.19. The van der Waals surface area contributed by atoms with Gasteiger partial charge in [-0.25, -0.2) is 9.48 Å². The van der Waals surface area contributed by atoms with Gasteiger partial charge in [0.15, 0.2) is 0 Å². The van der Waals surface area contributed by atoms with Crippen LogP contribution in [0.15, 0.2) is 103 Å². The zero-order valence-electron chi connectivity index (χ0n) is 19.2. The van der Waals surface area contributed by atoms with E-state index in [1.54, 1.807) is 16.7 Å². The molecule has 0 radical (unpaired) electrons. The second kappa shape index (κ2) is 11.0. The van der Waals surface area contributed by atoms with Gasteiger partial charge in [-0.05, 0) is 42.0 Å². The summed E-state index contributed by atoms with van der Waals surface area (Å²) < 4.78 is 7.07. The number of aromatic nitrogens is 2. The van der Waals surface area contributed by atoms with E-state index in [2.05, 4.69) is 0 Å². The molecule has 0 fully saturated rings. The van der Waals surface area contributed by atoms with Crippen molar-refractivity contribution in [2.75, 3.05) is 7.11 Å². The minimum absolute atomic E-state index is 0.242. The molecule has 176 valence electrons. The number of carboxylic acid groups (broad SMARTS) is 1. The van der Waals surface area contributed by atoms with Crippen molar-refractivity contribution >= 4 is 11.9 Å². The van der Waals surface area contributed by atoms with Gasteiger partial charge in [-0.1, -0.05) is 48.5 Å². The number of para-hydroxylation sites is 1. The van der Waals surface area contributed by atoms with E-state index in [9.17, 15) is 9.59 Å². The fourth-order valence-electron chi connectivity index (χ4n) is 3.70. The van der Waals surface area contributed by atoms with Gasteiger partial charge in [0.2, 0.25) is 5.91 Å². The number of hydrogen-bond acceptors (Lipinski definition) is 4. The first-order valence-corrected chi connectivity index (χ1v) is 11.1. The number of ether oxygens (including phenoxy) is 1. The van der Waals surface area contributed by atoms with Crippen molar-refractivity contribution in [2.24, 2.45) is 0 Å². The summed E-state index contributed by atoms with van der Waals surface area (Å²) >= 11 is 0. The molecular weight excluding hydrogens is 442 g/mol. The van der Waals surface area contributed by atoms with E-state index in [1.165, 1.54) is 0 Å². The van der Waals surface area contributed by atoms with E-state index in [-0.39, 0.29) is 6.54 Å². The molecule has 1 amide bonds. The average molecular weight is 468 g/mol. The van der Waals surface area contributed by atoms with Crippen LogP contribution in [0.3, 0.4) is 0 Å². The summed E-state index contributed by atoms with van der Waals surface area (Å²) in [6, 6.07) is 26.9. The second-order valence-corrected chi connectivity index (χ2v) is 7.86. The predicted molar refractivity (Wildman–Crippen MR) is 133 cm³/mol. The topological polar surface area (TPSA) is 84.7 Å². The highest BCUT2D eigenvalue weighted by atomic mass is 16.5.